The van der Waals surface area contributed by atoms with E-state index in [1.54, 1.807) is 7.11 Å². The van der Waals surface area contributed by atoms with Gasteiger partial charge in [0, 0.05) is 32.8 Å². The van der Waals surface area contributed by atoms with E-state index in [1.807, 2.05) is 0 Å². The number of hydrogen-bond acceptors (Lipinski definition) is 4. The number of hydrogen-bond donors (Lipinski definition) is 1. The smallest absolute Gasteiger partial charge is 0.0628 e. The number of methoxy groups -OCH3 is 1. The lowest BCUT2D eigenvalue weighted by Crippen LogP contribution is -2.47. The summed E-state index contributed by atoms with van der Waals surface area (Å²) in [6, 6.07) is 0.452. The summed E-state index contributed by atoms with van der Waals surface area (Å²) in [5.41, 5.74) is 0. The molecule has 1 aliphatic rings. The lowest BCUT2D eigenvalue weighted by atomic mass is 10.2. The maximum atomic E-state index is 5.33. The number of rotatable bonds is 7. The van der Waals surface area contributed by atoms with Crippen LogP contribution in [0.25, 0.3) is 0 Å². The highest BCUT2D eigenvalue weighted by Gasteiger charge is 2.15. The second-order valence-corrected chi connectivity index (χ2v) is 4.02. The molecule has 0 spiro atoms. The third-order valence-electron chi connectivity index (χ3n) is 2.63. The van der Waals surface area contributed by atoms with Crippen LogP contribution in [0.5, 0.6) is 0 Å². The van der Waals surface area contributed by atoms with Crippen LogP contribution in [0.3, 0.4) is 0 Å². The minimum absolute atomic E-state index is 0.452. The molecular weight excluding hydrogens is 192 g/mol. The molecule has 1 unspecified atom stereocenters. The van der Waals surface area contributed by atoms with Crippen LogP contribution >= 0.6 is 0 Å². The molecule has 1 aliphatic heterocycles. The predicted molar refractivity (Wildman–Crippen MR) is 61.2 cm³/mol. The molecule has 1 rings (SSSR count). The molecule has 15 heavy (non-hydrogen) atoms. The van der Waals surface area contributed by atoms with E-state index in [9.17, 15) is 0 Å². The molecule has 1 heterocycles. The van der Waals surface area contributed by atoms with Crippen molar-refractivity contribution < 1.29 is 9.47 Å². The summed E-state index contributed by atoms with van der Waals surface area (Å²) in [6.45, 7) is 8.95. The molecule has 90 valence electrons. The average Bonchev–Trinajstić information content (AvgIpc) is 2.28. The molecule has 1 saturated heterocycles. The Kier molecular flexibility index (Phi) is 6.92. The Morgan fingerprint density at radius 2 is 2.13 bits per heavy atom. The van der Waals surface area contributed by atoms with Gasteiger partial charge in [-0.05, 0) is 13.0 Å². The van der Waals surface area contributed by atoms with Crippen LogP contribution in [-0.4, -0.2) is 64.1 Å². The van der Waals surface area contributed by atoms with E-state index in [-0.39, 0.29) is 0 Å². The Morgan fingerprint density at radius 3 is 2.73 bits per heavy atom. The van der Waals surface area contributed by atoms with Crippen molar-refractivity contribution in [3.05, 3.63) is 0 Å². The van der Waals surface area contributed by atoms with Gasteiger partial charge in [0.15, 0.2) is 0 Å². The average molecular weight is 216 g/mol. The molecule has 0 aromatic carbocycles. The van der Waals surface area contributed by atoms with E-state index in [1.165, 1.54) is 6.42 Å². The molecule has 0 aromatic heterocycles. The Morgan fingerprint density at radius 1 is 1.40 bits per heavy atom. The number of morpholine rings is 1. The Balaban J connectivity index is 2.21. The van der Waals surface area contributed by atoms with Gasteiger partial charge in [-0.3, -0.25) is 4.90 Å². The molecular formula is C11H24N2O2. The van der Waals surface area contributed by atoms with Gasteiger partial charge >= 0.3 is 0 Å². The molecule has 4 nitrogen and oxygen atoms in total. The fraction of sp³-hybridized carbons (Fsp3) is 1.00. The van der Waals surface area contributed by atoms with Gasteiger partial charge in [-0.2, -0.15) is 0 Å². The third-order valence-corrected chi connectivity index (χ3v) is 2.63. The first-order valence-electron chi connectivity index (χ1n) is 5.89. The molecule has 1 fully saturated rings. The quantitative estimate of drug-likeness (QED) is 0.665. The molecule has 0 aromatic rings. The normalized spacial score (nSPS) is 20.4. The van der Waals surface area contributed by atoms with Crippen molar-refractivity contribution in [2.75, 3.05) is 53.1 Å². The van der Waals surface area contributed by atoms with Gasteiger partial charge < -0.3 is 14.8 Å². The summed E-state index contributed by atoms with van der Waals surface area (Å²) in [4.78, 5) is 2.44. The van der Waals surface area contributed by atoms with Gasteiger partial charge in [0.25, 0.3) is 0 Å². The minimum atomic E-state index is 0.452. The first kappa shape index (κ1) is 12.9. The summed E-state index contributed by atoms with van der Waals surface area (Å²) in [7, 11) is 1.76. The Hall–Kier alpha value is -0.160. The van der Waals surface area contributed by atoms with Gasteiger partial charge in [-0.1, -0.05) is 6.92 Å². The van der Waals surface area contributed by atoms with Crippen LogP contribution in [-0.2, 0) is 9.47 Å². The maximum Gasteiger partial charge on any atom is 0.0628 e. The zero-order valence-corrected chi connectivity index (χ0v) is 10.00. The van der Waals surface area contributed by atoms with Crippen molar-refractivity contribution in [1.82, 2.24) is 10.2 Å². The fourth-order valence-corrected chi connectivity index (χ4v) is 1.82. The number of ether oxygens (including phenoxy) is 2. The SMILES string of the molecule is CCCNC(COC)CN1CCOCC1. The first-order chi connectivity index (χ1) is 7.36. The van der Waals surface area contributed by atoms with E-state index < -0.39 is 0 Å². The van der Waals surface area contributed by atoms with Crippen LogP contribution in [0.1, 0.15) is 13.3 Å². The van der Waals surface area contributed by atoms with Crippen molar-refractivity contribution in [2.45, 2.75) is 19.4 Å². The summed E-state index contributed by atoms with van der Waals surface area (Å²) in [5, 5.41) is 3.51. The lowest BCUT2D eigenvalue weighted by Gasteiger charge is -2.30. The van der Waals surface area contributed by atoms with Crippen LogP contribution in [0, 0.1) is 0 Å². The van der Waals surface area contributed by atoms with Crippen LogP contribution in [0.4, 0.5) is 0 Å². The van der Waals surface area contributed by atoms with E-state index in [2.05, 4.69) is 17.1 Å². The van der Waals surface area contributed by atoms with E-state index in [0.29, 0.717) is 6.04 Å². The second kappa shape index (κ2) is 8.05. The largest absolute Gasteiger partial charge is 0.383 e. The second-order valence-electron chi connectivity index (χ2n) is 4.02. The Bertz CT molecular complexity index is 150. The van der Waals surface area contributed by atoms with Crippen molar-refractivity contribution in [3.63, 3.8) is 0 Å². The molecule has 0 aliphatic carbocycles. The standard InChI is InChI=1S/C11H24N2O2/c1-3-4-12-11(10-14-2)9-13-5-7-15-8-6-13/h11-12H,3-10H2,1-2H3. The van der Waals surface area contributed by atoms with E-state index in [0.717, 1.165) is 46.0 Å². The number of nitrogens with zero attached hydrogens (tertiary/aromatic N) is 1. The molecule has 4 heteroatoms. The Labute approximate surface area is 92.9 Å². The fourth-order valence-electron chi connectivity index (χ4n) is 1.82. The zero-order valence-electron chi connectivity index (χ0n) is 10.00. The van der Waals surface area contributed by atoms with Crippen molar-refractivity contribution >= 4 is 0 Å². The zero-order chi connectivity index (χ0) is 10.9. The third kappa shape index (κ3) is 5.47. The summed E-state index contributed by atoms with van der Waals surface area (Å²) in [6.07, 6.45) is 1.17. The highest BCUT2D eigenvalue weighted by molar-refractivity contribution is 4.73. The molecule has 1 N–H and O–H groups in total. The number of nitrogens with one attached hydrogen (secondary N) is 1. The molecule has 1 atom stereocenters. The lowest BCUT2D eigenvalue weighted by molar-refractivity contribution is 0.0277. The highest BCUT2D eigenvalue weighted by Crippen LogP contribution is 1.99. The van der Waals surface area contributed by atoms with E-state index in [4.69, 9.17) is 9.47 Å². The monoisotopic (exact) mass is 216 g/mol. The minimum Gasteiger partial charge on any atom is -0.383 e. The van der Waals surface area contributed by atoms with Gasteiger partial charge in [0.1, 0.15) is 0 Å². The summed E-state index contributed by atoms with van der Waals surface area (Å²) < 4.78 is 10.6. The highest BCUT2D eigenvalue weighted by atomic mass is 16.5. The van der Waals surface area contributed by atoms with Crippen LogP contribution in [0.2, 0.25) is 0 Å². The molecule has 0 radical (unpaired) electrons. The van der Waals surface area contributed by atoms with Crippen LogP contribution in [0.15, 0.2) is 0 Å². The summed E-state index contributed by atoms with van der Waals surface area (Å²) >= 11 is 0. The van der Waals surface area contributed by atoms with Gasteiger partial charge in [0.2, 0.25) is 0 Å². The van der Waals surface area contributed by atoms with Gasteiger partial charge in [-0.25, -0.2) is 0 Å². The van der Waals surface area contributed by atoms with Crippen LogP contribution < -0.4 is 5.32 Å². The topological polar surface area (TPSA) is 33.7 Å². The predicted octanol–water partition coefficient (Wildman–Crippen LogP) is 0.333. The van der Waals surface area contributed by atoms with Crippen molar-refractivity contribution in [3.8, 4) is 0 Å². The van der Waals surface area contributed by atoms with Gasteiger partial charge in [-0.15, -0.1) is 0 Å². The van der Waals surface area contributed by atoms with Gasteiger partial charge in [0.05, 0.1) is 19.8 Å². The van der Waals surface area contributed by atoms with Crippen molar-refractivity contribution in [2.24, 2.45) is 0 Å². The maximum absolute atomic E-state index is 5.33. The molecule has 0 amide bonds. The molecule has 0 saturated carbocycles. The first-order valence-corrected chi connectivity index (χ1v) is 5.89. The molecule has 0 bridgehead atoms. The van der Waals surface area contributed by atoms with E-state index >= 15 is 0 Å². The summed E-state index contributed by atoms with van der Waals surface area (Å²) in [5.74, 6) is 0. The van der Waals surface area contributed by atoms with Crippen molar-refractivity contribution in [1.29, 1.82) is 0 Å².